The average Bonchev–Trinajstić information content (AvgIpc) is 2.88. The Labute approximate surface area is 211 Å². The van der Waals surface area contributed by atoms with E-state index in [1.165, 1.54) is 6.20 Å². The number of nitrogens with two attached hydrogens (primary N) is 1. The van der Waals surface area contributed by atoms with E-state index < -0.39 is 17.8 Å². The summed E-state index contributed by atoms with van der Waals surface area (Å²) in [7, 11) is 0. The number of anilines is 2. The molecule has 0 radical (unpaired) electrons. The summed E-state index contributed by atoms with van der Waals surface area (Å²) in [5, 5.41) is 5.51. The number of rotatable bonds is 6. The molecule has 9 heteroatoms. The van der Waals surface area contributed by atoms with Crippen LogP contribution in [0.2, 0.25) is 0 Å². The number of nitrogens with zero attached hydrogens (tertiary/aromatic N) is 3. The third kappa shape index (κ3) is 6.10. The lowest BCUT2D eigenvalue weighted by Crippen LogP contribution is -2.53. The number of benzene rings is 1. The summed E-state index contributed by atoms with van der Waals surface area (Å²) < 4.78 is 0. The lowest BCUT2D eigenvalue weighted by molar-refractivity contribution is -0.128. The molecule has 1 saturated heterocycles. The monoisotopic (exact) mass is 486 g/mol. The van der Waals surface area contributed by atoms with Crippen LogP contribution in [-0.4, -0.2) is 52.3 Å². The minimum atomic E-state index is -0.497. The van der Waals surface area contributed by atoms with Gasteiger partial charge in [-0.1, -0.05) is 24.6 Å². The second-order valence-electron chi connectivity index (χ2n) is 8.17. The zero-order valence-electron chi connectivity index (χ0n) is 20.7. The molecule has 0 spiro atoms. The Kier molecular flexibility index (Phi) is 8.47. The first kappa shape index (κ1) is 26.0. The van der Waals surface area contributed by atoms with Crippen molar-refractivity contribution in [2.24, 2.45) is 0 Å². The largest absolute Gasteiger partial charge is 0.397 e. The lowest BCUT2D eigenvalue weighted by atomic mass is 10.1. The number of amides is 4. The van der Waals surface area contributed by atoms with Crippen LogP contribution in [0.5, 0.6) is 0 Å². The Balaban J connectivity index is 1.60. The number of pyridine rings is 1. The van der Waals surface area contributed by atoms with Gasteiger partial charge in [0.05, 0.1) is 17.1 Å². The van der Waals surface area contributed by atoms with Crippen molar-refractivity contribution in [3.63, 3.8) is 0 Å². The second-order valence-corrected chi connectivity index (χ2v) is 8.17. The Morgan fingerprint density at radius 1 is 1.25 bits per heavy atom. The maximum absolute atomic E-state index is 12.7. The molecule has 4 N–H and O–H groups in total. The third-order valence-electron chi connectivity index (χ3n) is 5.79. The molecule has 186 valence electrons. The van der Waals surface area contributed by atoms with Gasteiger partial charge in [0, 0.05) is 32.4 Å². The van der Waals surface area contributed by atoms with E-state index >= 15 is 0 Å². The molecule has 1 aliphatic rings. The van der Waals surface area contributed by atoms with Crippen LogP contribution in [0.4, 0.5) is 16.2 Å². The van der Waals surface area contributed by atoms with Gasteiger partial charge in [-0.2, -0.15) is 0 Å². The van der Waals surface area contributed by atoms with Gasteiger partial charge in [-0.25, -0.2) is 4.79 Å². The number of carbonyl (C=O) groups is 3. The van der Waals surface area contributed by atoms with Crippen molar-refractivity contribution < 1.29 is 14.4 Å². The smallest absolute Gasteiger partial charge is 0.324 e. The first-order chi connectivity index (χ1) is 17.2. The Morgan fingerprint density at radius 3 is 2.69 bits per heavy atom. The fourth-order valence-corrected chi connectivity index (χ4v) is 3.59. The predicted molar refractivity (Wildman–Crippen MR) is 140 cm³/mol. The molecule has 2 heterocycles. The van der Waals surface area contributed by atoms with Gasteiger partial charge in [-0.15, -0.1) is 5.92 Å². The first-order valence-corrected chi connectivity index (χ1v) is 11.5. The molecule has 1 aromatic carbocycles. The van der Waals surface area contributed by atoms with Crippen LogP contribution in [-0.2, 0) is 11.3 Å². The normalized spacial score (nSPS) is 13.7. The summed E-state index contributed by atoms with van der Waals surface area (Å²) in [6, 6.07) is 8.13. The van der Waals surface area contributed by atoms with Crippen LogP contribution in [0.25, 0.3) is 5.57 Å². The minimum Gasteiger partial charge on any atom is -0.397 e. The number of piperazine rings is 1. The standard InChI is InChI=1S/C27H30N6O3/c1-5-7-8-18(3)21-10-11-22(28)24(15-21)31-25(34)23-12-9-20(16-29-23)17-30-27(36)33-14-13-32(6-2)19(4)26(33)35/h8-12,15-16H,4,6,13-14,17,28H2,1-3H3,(H,30,36)(H,31,34)/b18-8+. The van der Waals surface area contributed by atoms with Crippen molar-refractivity contribution in [2.45, 2.75) is 27.3 Å². The van der Waals surface area contributed by atoms with Gasteiger partial charge in [-0.05, 0) is 61.7 Å². The molecule has 0 aliphatic carbocycles. The molecule has 0 atom stereocenters. The van der Waals surface area contributed by atoms with Crippen molar-refractivity contribution in [3.8, 4) is 11.8 Å². The highest BCUT2D eigenvalue weighted by molar-refractivity contribution is 6.05. The summed E-state index contributed by atoms with van der Waals surface area (Å²) in [6.07, 6.45) is 3.30. The average molecular weight is 487 g/mol. The van der Waals surface area contributed by atoms with Crippen LogP contribution in [0.3, 0.4) is 0 Å². The van der Waals surface area contributed by atoms with Crippen LogP contribution in [0.15, 0.2) is 54.9 Å². The van der Waals surface area contributed by atoms with Crippen molar-refractivity contribution in [1.82, 2.24) is 20.1 Å². The highest BCUT2D eigenvalue weighted by Gasteiger charge is 2.30. The van der Waals surface area contributed by atoms with Crippen LogP contribution < -0.4 is 16.4 Å². The zero-order valence-corrected chi connectivity index (χ0v) is 20.7. The molecule has 0 bridgehead atoms. The molecular weight excluding hydrogens is 456 g/mol. The van der Waals surface area contributed by atoms with E-state index in [4.69, 9.17) is 5.73 Å². The number of allylic oxidation sites excluding steroid dienone is 2. The van der Waals surface area contributed by atoms with Gasteiger partial charge in [0.15, 0.2) is 0 Å². The maximum atomic E-state index is 12.7. The number of aromatic nitrogens is 1. The fourth-order valence-electron chi connectivity index (χ4n) is 3.59. The van der Waals surface area contributed by atoms with Crippen LogP contribution in [0, 0.1) is 11.8 Å². The highest BCUT2D eigenvalue weighted by Crippen LogP contribution is 2.25. The molecule has 9 nitrogen and oxygen atoms in total. The number of imide groups is 1. The third-order valence-corrected chi connectivity index (χ3v) is 5.79. The number of nitrogens with one attached hydrogen (secondary N) is 2. The van der Waals surface area contributed by atoms with Crippen molar-refractivity contribution in [2.75, 3.05) is 30.7 Å². The quantitative estimate of drug-likeness (QED) is 0.328. The number of urea groups is 1. The second kappa shape index (κ2) is 11.7. The zero-order chi connectivity index (χ0) is 26.2. The first-order valence-electron chi connectivity index (χ1n) is 11.5. The molecule has 0 saturated carbocycles. The van der Waals surface area contributed by atoms with Crippen molar-refractivity contribution in [1.29, 1.82) is 0 Å². The number of hydrogen-bond donors (Lipinski definition) is 3. The molecule has 36 heavy (non-hydrogen) atoms. The molecule has 0 unspecified atom stereocenters. The van der Waals surface area contributed by atoms with E-state index in [0.29, 0.717) is 42.3 Å². The molecule has 1 aliphatic heterocycles. The minimum absolute atomic E-state index is 0.155. The topological polar surface area (TPSA) is 121 Å². The number of carbonyl (C=O) groups excluding carboxylic acids is 3. The Morgan fingerprint density at radius 2 is 2.03 bits per heavy atom. The Hall–Kier alpha value is -4.58. The molecule has 1 fully saturated rings. The van der Waals surface area contributed by atoms with Crippen LogP contribution in [0.1, 0.15) is 42.4 Å². The van der Waals surface area contributed by atoms with Crippen LogP contribution >= 0.6 is 0 Å². The molecule has 1 aromatic heterocycles. The van der Waals surface area contributed by atoms with Gasteiger partial charge < -0.3 is 21.3 Å². The Bertz CT molecular complexity index is 1270. The van der Waals surface area contributed by atoms with Crippen molar-refractivity contribution in [3.05, 3.63) is 71.7 Å². The highest BCUT2D eigenvalue weighted by atomic mass is 16.2. The lowest BCUT2D eigenvalue weighted by Gasteiger charge is -2.35. The maximum Gasteiger partial charge on any atom is 0.324 e. The summed E-state index contributed by atoms with van der Waals surface area (Å²) >= 11 is 0. The number of hydrogen-bond acceptors (Lipinski definition) is 6. The van der Waals surface area contributed by atoms with Gasteiger partial charge in [-0.3, -0.25) is 19.5 Å². The van der Waals surface area contributed by atoms with Gasteiger partial charge in [0.25, 0.3) is 11.8 Å². The van der Waals surface area contributed by atoms with E-state index in [-0.39, 0.29) is 12.2 Å². The number of nitrogen functional groups attached to an aromatic ring is 1. The molecule has 2 aromatic rings. The summed E-state index contributed by atoms with van der Waals surface area (Å²) in [5.41, 5.74) is 9.96. The SMILES string of the molecule is C=C1C(=O)N(C(=O)NCc2ccc(C(=O)Nc3cc(/C(C)=C/C#CC)ccc3N)nc2)CCN1CC. The molecule has 3 rings (SSSR count). The predicted octanol–water partition coefficient (Wildman–Crippen LogP) is 3.23. The van der Waals surface area contributed by atoms with E-state index in [9.17, 15) is 14.4 Å². The summed E-state index contributed by atoms with van der Waals surface area (Å²) in [4.78, 5) is 44.8. The van der Waals surface area contributed by atoms with Gasteiger partial charge >= 0.3 is 6.03 Å². The van der Waals surface area contributed by atoms with E-state index in [0.717, 1.165) is 16.0 Å². The van der Waals surface area contributed by atoms with Gasteiger partial charge in [0.1, 0.15) is 5.69 Å². The molecular formula is C27H30N6O3. The molecule has 4 amide bonds. The van der Waals surface area contributed by atoms with E-state index in [2.05, 4.69) is 34.0 Å². The summed E-state index contributed by atoms with van der Waals surface area (Å²) in [6.45, 7) is 11.1. The number of likely N-dealkylation sites (N-methyl/N-ethyl adjacent to an activating group) is 1. The van der Waals surface area contributed by atoms with E-state index in [1.54, 1.807) is 37.3 Å². The van der Waals surface area contributed by atoms with Gasteiger partial charge in [0.2, 0.25) is 0 Å². The van der Waals surface area contributed by atoms with Crippen molar-refractivity contribution >= 4 is 34.8 Å². The fraction of sp³-hybridized carbons (Fsp3) is 0.259. The van der Waals surface area contributed by atoms with E-state index in [1.807, 2.05) is 24.8 Å². The summed E-state index contributed by atoms with van der Waals surface area (Å²) in [5.74, 6) is 4.90.